The molecule has 1 aromatic carbocycles. The normalized spacial score (nSPS) is 22.9. The van der Waals surface area contributed by atoms with Crippen LogP contribution in [0.5, 0.6) is 0 Å². The first kappa shape index (κ1) is 11.7. The van der Waals surface area contributed by atoms with Gasteiger partial charge in [0.05, 0.1) is 6.04 Å². The Balaban J connectivity index is 1.68. The fraction of sp³-hybridized carbons (Fsp3) is 0.375. The van der Waals surface area contributed by atoms with E-state index in [1.807, 2.05) is 0 Å². The van der Waals surface area contributed by atoms with Gasteiger partial charge in [-0.25, -0.2) is 9.97 Å². The molecule has 2 atom stereocenters. The Hall–Kier alpha value is -2.10. The number of fused-ring (bicyclic) bond motifs is 5. The first-order chi connectivity index (χ1) is 9.86. The average Bonchev–Trinajstić information content (AvgIpc) is 3.07. The van der Waals surface area contributed by atoms with E-state index in [0.29, 0.717) is 12.0 Å². The quantitative estimate of drug-likeness (QED) is 0.927. The van der Waals surface area contributed by atoms with E-state index < -0.39 is 0 Å². The lowest BCUT2D eigenvalue weighted by Crippen LogP contribution is -2.28. The summed E-state index contributed by atoms with van der Waals surface area (Å²) >= 11 is 0. The number of hydrogen-bond donors (Lipinski definition) is 1. The van der Waals surface area contributed by atoms with Gasteiger partial charge in [-0.1, -0.05) is 24.3 Å². The minimum atomic E-state index is 0.487. The molecule has 2 heterocycles. The summed E-state index contributed by atoms with van der Waals surface area (Å²) in [6.07, 6.45) is 2.88. The van der Waals surface area contributed by atoms with E-state index in [9.17, 15) is 0 Å². The second kappa shape index (κ2) is 4.47. The van der Waals surface area contributed by atoms with Crippen LogP contribution in [0.15, 0.2) is 36.7 Å². The van der Waals surface area contributed by atoms with Crippen molar-refractivity contribution in [2.45, 2.75) is 25.3 Å². The summed E-state index contributed by atoms with van der Waals surface area (Å²) in [7, 11) is 0. The zero-order valence-corrected chi connectivity index (χ0v) is 11.6. The number of nitrogens with one attached hydrogen (secondary N) is 1. The van der Waals surface area contributed by atoms with Gasteiger partial charge in [-0.2, -0.15) is 0 Å². The lowest BCUT2D eigenvalue weighted by Gasteiger charge is -2.30. The molecule has 20 heavy (non-hydrogen) atoms. The van der Waals surface area contributed by atoms with Crippen LogP contribution in [-0.4, -0.2) is 23.1 Å². The van der Waals surface area contributed by atoms with Gasteiger partial charge in [0.1, 0.15) is 18.0 Å². The van der Waals surface area contributed by atoms with Gasteiger partial charge in [0.25, 0.3) is 0 Å². The highest BCUT2D eigenvalue weighted by Gasteiger charge is 2.42. The maximum absolute atomic E-state index is 4.47. The van der Waals surface area contributed by atoms with Crippen LogP contribution < -0.4 is 10.2 Å². The Bertz CT molecular complexity index is 640. The minimum absolute atomic E-state index is 0.487. The Morgan fingerprint density at radius 2 is 2.10 bits per heavy atom. The first-order valence-corrected chi connectivity index (χ1v) is 7.28. The first-order valence-electron chi connectivity index (χ1n) is 7.28. The van der Waals surface area contributed by atoms with Gasteiger partial charge in [-0.15, -0.1) is 0 Å². The van der Waals surface area contributed by atoms with E-state index in [2.05, 4.69) is 57.4 Å². The molecule has 1 aliphatic carbocycles. The van der Waals surface area contributed by atoms with Crippen LogP contribution in [-0.2, 0) is 0 Å². The van der Waals surface area contributed by atoms with Crippen molar-refractivity contribution in [3.8, 4) is 0 Å². The van der Waals surface area contributed by atoms with Crippen molar-refractivity contribution in [1.82, 2.24) is 9.97 Å². The highest BCUT2D eigenvalue weighted by Crippen LogP contribution is 2.51. The van der Waals surface area contributed by atoms with E-state index in [1.54, 1.807) is 6.33 Å². The van der Waals surface area contributed by atoms with Crippen molar-refractivity contribution in [2.75, 3.05) is 23.3 Å². The zero-order valence-electron chi connectivity index (χ0n) is 11.6. The van der Waals surface area contributed by atoms with Crippen molar-refractivity contribution in [2.24, 2.45) is 0 Å². The standard InChI is InChI=1S/C16H18N4/c1-2-17-15-8-16(19-10-18-15)20-9-11-7-14(20)13-6-4-3-5-12(11)13/h3-6,8,10-11,14H,2,7,9H2,1H3,(H,17,18,19)/t11-,14+/m1/s1. The molecule has 2 bridgehead atoms. The molecule has 1 N–H and O–H groups in total. The molecule has 0 unspecified atom stereocenters. The molecule has 4 rings (SSSR count). The molecule has 0 radical (unpaired) electrons. The number of anilines is 2. The molecule has 102 valence electrons. The van der Waals surface area contributed by atoms with Crippen LogP contribution >= 0.6 is 0 Å². The molecule has 4 nitrogen and oxygen atoms in total. The Kier molecular flexibility index (Phi) is 2.62. The molecule has 1 fully saturated rings. The van der Waals surface area contributed by atoms with Crippen LogP contribution in [0, 0.1) is 0 Å². The molecular formula is C16H18N4. The van der Waals surface area contributed by atoms with E-state index in [0.717, 1.165) is 24.7 Å². The number of hydrogen-bond acceptors (Lipinski definition) is 4. The van der Waals surface area contributed by atoms with Gasteiger partial charge in [-0.05, 0) is 24.5 Å². The van der Waals surface area contributed by atoms with Gasteiger partial charge < -0.3 is 10.2 Å². The van der Waals surface area contributed by atoms with Crippen molar-refractivity contribution in [1.29, 1.82) is 0 Å². The van der Waals surface area contributed by atoms with Crippen molar-refractivity contribution >= 4 is 11.6 Å². The summed E-state index contributed by atoms with van der Waals surface area (Å²) in [5.74, 6) is 2.61. The van der Waals surface area contributed by atoms with Gasteiger partial charge in [-0.3, -0.25) is 0 Å². The highest BCUT2D eigenvalue weighted by molar-refractivity contribution is 5.56. The van der Waals surface area contributed by atoms with Crippen LogP contribution in [0.25, 0.3) is 0 Å². The summed E-state index contributed by atoms with van der Waals surface area (Å²) in [5.41, 5.74) is 3.02. The van der Waals surface area contributed by atoms with E-state index in [-0.39, 0.29) is 0 Å². The maximum atomic E-state index is 4.47. The minimum Gasteiger partial charge on any atom is -0.370 e. The third kappa shape index (κ3) is 1.68. The smallest absolute Gasteiger partial charge is 0.134 e. The van der Waals surface area contributed by atoms with Gasteiger partial charge in [0.15, 0.2) is 0 Å². The Morgan fingerprint density at radius 3 is 2.95 bits per heavy atom. The number of nitrogens with zero attached hydrogens (tertiary/aromatic N) is 3. The van der Waals surface area contributed by atoms with E-state index in [1.165, 1.54) is 17.5 Å². The Labute approximate surface area is 118 Å². The summed E-state index contributed by atoms with van der Waals surface area (Å²) in [6.45, 7) is 4.03. The second-order valence-corrected chi connectivity index (χ2v) is 5.52. The zero-order chi connectivity index (χ0) is 13.5. The fourth-order valence-corrected chi connectivity index (χ4v) is 3.58. The largest absolute Gasteiger partial charge is 0.370 e. The topological polar surface area (TPSA) is 41.0 Å². The molecule has 2 aliphatic rings. The summed E-state index contributed by atoms with van der Waals surface area (Å²) in [4.78, 5) is 11.2. The molecule has 0 amide bonds. The molecule has 0 saturated carbocycles. The van der Waals surface area contributed by atoms with Crippen LogP contribution in [0.1, 0.15) is 36.4 Å². The van der Waals surface area contributed by atoms with Crippen LogP contribution in [0.2, 0.25) is 0 Å². The molecule has 0 spiro atoms. The maximum Gasteiger partial charge on any atom is 0.134 e. The summed E-state index contributed by atoms with van der Waals surface area (Å²) in [6, 6.07) is 11.4. The SMILES string of the molecule is CCNc1cc(N2C[C@H]3C[C@H]2c2ccccc23)ncn1. The number of benzene rings is 1. The average molecular weight is 266 g/mol. The molecule has 1 saturated heterocycles. The van der Waals surface area contributed by atoms with Gasteiger partial charge >= 0.3 is 0 Å². The third-order valence-electron chi connectivity index (χ3n) is 4.40. The van der Waals surface area contributed by atoms with E-state index in [4.69, 9.17) is 0 Å². The summed E-state index contributed by atoms with van der Waals surface area (Å²) < 4.78 is 0. The monoisotopic (exact) mass is 266 g/mol. The molecule has 1 aromatic heterocycles. The van der Waals surface area contributed by atoms with E-state index >= 15 is 0 Å². The van der Waals surface area contributed by atoms with Gasteiger partial charge in [0, 0.05) is 25.1 Å². The fourth-order valence-electron chi connectivity index (χ4n) is 3.58. The van der Waals surface area contributed by atoms with Crippen LogP contribution in [0.4, 0.5) is 11.6 Å². The second-order valence-electron chi connectivity index (χ2n) is 5.52. The summed E-state index contributed by atoms with van der Waals surface area (Å²) in [5, 5.41) is 3.26. The molecule has 2 aromatic rings. The predicted octanol–water partition coefficient (Wildman–Crippen LogP) is 2.96. The number of aromatic nitrogens is 2. The van der Waals surface area contributed by atoms with Crippen molar-refractivity contribution in [3.63, 3.8) is 0 Å². The molecule has 1 aliphatic heterocycles. The van der Waals surface area contributed by atoms with Crippen molar-refractivity contribution < 1.29 is 0 Å². The predicted molar refractivity (Wildman–Crippen MR) is 80.1 cm³/mol. The van der Waals surface area contributed by atoms with Crippen LogP contribution in [0.3, 0.4) is 0 Å². The third-order valence-corrected chi connectivity index (χ3v) is 4.40. The Morgan fingerprint density at radius 1 is 1.25 bits per heavy atom. The lowest BCUT2D eigenvalue weighted by molar-refractivity contribution is 0.728. The lowest BCUT2D eigenvalue weighted by atomic mass is 9.99. The van der Waals surface area contributed by atoms with Gasteiger partial charge in [0.2, 0.25) is 0 Å². The molecular weight excluding hydrogens is 248 g/mol. The van der Waals surface area contributed by atoms with Crippen molar-refractivity contribution in [3.05, 3.63) is 47.8 Å². The molecule has 4 heteroatoms. The number of rotatable bonds is 3. The highest BCUT2D eigenvalue weighted by atomic mass is 15.3.